The van der Waals surface area contributed by atoms with Gasteiger partial charge in [-0.3, -0.25) is 9.36 Å². The Morgan fingerprint density at radius 2 is 1.61 bits per heavy atom. The van der Waals surface area contributed by atoms with Crippen LogP contribution >= 0.6 is 11.3 Å². The number of aryl methyl sites for hydroxylation is 1. The molecule has 0 amide bonds. The minimum absolute atomic E-state index is 0.0621. The number of hydrogen-bond acceptors (Lipinski definition) is 5. The summed E-state index contributed by atoms with van der Waals surface area (Å²) >= 11 is 1.42. The van der Waals surface area contributed by atoms with Crippen LogP contribution in [0.1, 0.15) is 40.3 Å². The van der Waals surface area contributed by atoms with Crippen LogP contribution in [0.25, 0.3) is 11.8 Å². The maximum absolute atomic E-state index is 14.2. The van der Waals surface area contributed by atoms with Crippen LogP contribution in [0, 0.1) is 0 Å². The van der Waals surface area contributed by atoms with Crippen molar-refractivity contribution in [3.05, 3.63) is 156 Å². The Hall–Kier alpha value is -4.68. The van der Waals surface area contributed by atoms with Gasteiger partial charge in [-0.05, 0) is 47.8 Å². The van der Waals surface area contributed by atoms with E-state index in [1.54, 1.807) is 7.11 Å². The van der Waals surface area contributed by atoms with Gasteiger partial charge in [-0.15, -0.1) is 0 Å². The Morgan fingerprint density at radius 1 is 0.878 bits per heavy atom. The van der Waals surface area contributed by atoms with E-state index < -0.39 is 0 Å². The van der Waals surface area contributed by atoms with Gasteiger partial charge in [-0.1, -0.05) is 102 Å². The number of allylic oxidation sites excluding steroid dienone is 1. The molecular weight excluding hydrogens is 528 g/mol. The fraction of sp³-hybridized carbons (Fsp3) is 0.143. The van der Waals surface area contributed by atoms with Crippen molar-refractivity contribution < 1.29 is 9.47 Å². The van der Waals surface area contributed by atoms with Crippen LogP contribution in [0.5, 0.6) is 11.5 Å². The van der Waals surface area contributed by atoms with Gasteiger partial charge in [0.1, 0.15) is 18.1 Å². The molecule has 2 heterocycles. The van der Waals surface area contributed by atoms with Gasteiger partial charge in [0.15, 0.2) is 4.80 Å². The molecule has 5 aromatic rings. The second kappa shape index (κ2) is 10.7. The number of methoxy groups -OCH3 is 1. The number of fused-ring (bicyclic) bond motifs is 3. The zero-order valence-corrected chi connectivity index (χ0v) is 23.4. The Labute approximate surface area is 242 Å². The first-order chi connectivity index (χ1) is 20.2. The zero-order chi connectivity index (χ0) is 27.8. The number of hydrogen-bond donors (Lipinski definition) is 0. The first-order valence-electron chi connectivity index (χ1n) is 13.7. The van der Waals surface area contributed by atoms with E-state index in [1.165, 1.54) is 16.9 Å². The molecule has 1 aliphatic heterocycles. The van der Waals surface area contributed by atoms with Crippen molar-refractivity contribution in [2.45, 2.75) is 25.5 Å². The van der Waals surface area contributed by atoms with Gasteiger partial charge in [-0.25, -0.2) is 4.99 Å². The molecule has 0 bridgehead atoms. The molecular formula is C35H28N2O3S. The minimum Gasteiger partial charge on any atom is -0.496 e. The molecule has 5 nitrogen and oxygen atoms in total. The predicted octanol–water partition coefficient (Wildman–Crippen LogP) is 5.91. The molecule has 41 heavy (non-hydrogen) atoms. The van der Waals surface area contributed by atoms with Crippen molar-refractivity contribution in [1.82, 2.24) is 4.57 Å². The predicted molar refractivity (Wildman–Crippen MR) is 163 cm³/mol. The van der Waals surface area contributed by atoms with Crippen LogP contribution in [0.15, 0.2) is 118 Å². The highest BCUT2D eigenvalue weighted by atomic mass is 32.1. The van der Waals surface area contributed by atoms with Crippen molar-refractivity contribution in [3.63, 3.8) is 0 Å². The highest BCUT2D eigenvalue weighted by Gasteiger charge is 2.34. The van der Waals surface area contributed by atoms with E-state index >= 15 is 0 Å². The molecule has 7 rings (SSSR count). The van der Waals surface area contributed by atoms with Crippen LogP contribution in [-0.2, 0) is 13.0 Å². The lowest BCUT2D eigenvalue weighted by Gasteiger charge is -2.31. The van der Waals surface area contributed by atoms with Gasteiger partial charge >= 0.3 is 0 Å². The smallest absolute Gasteiger partial charge is 0.271 e. The average molecular weight is 557 g/mol. The molecule has 0 saturated carbocycles. The zero-order valence-electron chi connectivity index (χ0n) is 22.6. The lowest BCUT2D eigenvalue weighted by atomic mass is 9.83. The summed E-state index contributed by atoms with van der Waals surface area (Å²) in [6, 6.07) is 34.1. The average Bonchev–Trinajstić information content (AvgIpc) is 3.34. The molecule has 0 radical (unpaired) electrons. The molecule has 1 aromatic heterocycles. The molecule has 0 N–H and O–H groups in total. The molecule has 1 aliphatic carbocycles. The lowest BCUT2D eigenvalue weighted by Crippen LogP contribution is -2.39. The summed E-state index contributed by atoms with van der Waals surface area (Å²) in [5, 5.41) is 0. The minimum atomic E-state index is -0.294. The van der Waals surface area contributed by atoms with E-state index in [0.717, 1.165) is 57.9 Å². The summed E-state index contributed by atoms with van der Waals surface area (Å²) in [7, 11) is 1.68. The third kappa shape index (κ3) is 4.60. The summed E-state index contributed by atoms with van der Waals surface area (Å²) in [4.78, 5) is 20.0. The Kier molecular flexibility index (Phi) is 6.61. The summed E-state index contributed by atoms with van der Waals surface area (Å²) < 4.78 is 14.5. The summed E-state index contributed by atoms with van der Waals surface area (Å²) in [5.41, 5.74) is 7.41. The number of benzene rings is 4. The van der Waals surface area contributed by atoms with E-state index in [9.17, 15) is 4.79 Å². The summed E-state index contributed by atoms with van der Waals surface area (Å²) in [5.74, 6) is 1.50. The van der Waals surface area contributed by atoms with Crippen molar-refractivity contribution >= 4 is 23.1 Å². The quantitative estimate of drug-likeness (QED) is 0.262. The molecule has 2 aliphatic rings. The van der Waals surface area contributed by atoms with Crippen molar-refractivity contribution in [2.75, 3.05) is 7.11 Å². The fourth-order valence-corrected chi connectivity index (χ4v) is 6.79. The second-order valence-electron chi connectivity index (χ2n) is 10.2. The Balaban J connectivity index is 1.39. The van der Waals surface area contributed by atoms with Crippen LogP contribution in [0.2, 0.25) is 0 Å². The molecule has 1 atom stereocenters. The monoisotopic (exact) mass is 556 g/mol. The molecule has 0 fully saturated rings. The fourth-order valence-electron chi connectivity index (χ4n) is 5.80. The number of ether oxygens (including phenoxy) is 2. The maximum atomic E-state index is 14.2. The molecule has 0 spiro atoms. The van der Waals surface area contributed by atoms with Gasteiger partial charge in [0.05, 0.1) is 23.4 Å². The SMILES string of the molecule is COc1ccccc1[C@H]1C2=C(N=c3s/c(=C\c4ccccc4OCc4ccccc4)c(=O)n31)c1ccccc1CC2. The number of nitrogens with zero attached hydrogens (tertiary/aromatic N) is 2. The van der Waals surface area contributed by atoms with Crippen molar-refractivity contribution in [3.8, 4) is 11.5 Å². The maximum Gasteiger partial charge on any atom is 0.271 e. The topological polar surface area (TPSA) is 52.8 Å². The van der Waals surface area contributed by atoms with E-state index in [-0.39, 0.29) is 11.6 Å². The van der Waals surface area contributed by atoms with Gasteiger partial charge in [0.25, 0.3) is 5.56 Å². The van der Waals surface area contributed by atoms with Crippen LogP contribution < -0.4 is 24.4 Å². The Bertz CT molecular complexity index is 1970. The first kappa shape index (κ1) is 25.3. The highest BCUT2D eigenvalue weighted by molar-refractivity contribution is 7.07. The van der Waals surface area contributed by atoms with Crippen LogP contribution in [-0.4, -0.2) is 11.7 Å². The van der Waals surface area contributed by atoms with E-state index in [1.807, 2.05) is 83.4 Å². The third-order valence-electron chi connectivity index (χ3n) is 7.75. The third-order valence-corrected chi connectivity index (χ3v) is 8.73. The number of para-hydroxylation sites is 2. The van der Waals surface area contributed by atoms with Gasteiger partial charge in [0.2, 0.25) is 0 Å². The number of rotatable bonds is 6. The van der Waals surface area contributed by atoms with Gasteiger partial charge < -0.3 is 9.47 Å². The van der Waals surface area contributed by atoms with Crippen molar-refractivity contribution in [1.29, 1.82) is 0 Å². The van der Waals surface area contributed by atoms with E-state index in [4.69, 9.17) is 14.5 Å². The number of aromatic nitrogens is 1. The largest absolute Gasteiger partial charge is 0.496 e. The van der Waals surface area contributed by atoms with E-state index in [0.29, 0.717) is 15.9 Å². The second-order valence-corrected chi connectivity index (χ2v) is 11.2. The molecule has 202 valence electrons. The van der Waals surface area contributed by atoms with Gasteiger partial charge in [0, 0.05) is 16.7 Å². The number of thiazole rings is 1. The highest BCUT2D eigenvalue weighted by Crippen LogP contribution is 2.43. The summed E-state index contributed by atoms with van der Waals surface area (Å²) in [6.45, 7) is 0.451. The van der Waals surface area contributed by atoms with E-state index in [2.05, 4.69) is 30.3 Å². The standard InChI is InChI=1S/C35H28N2O3S/c1-39-30-18-10-8-16-27(30)33-28-20-19-24-13-5-7-15-26(24)32(28)36-35-37(33)34(38)31(41-35)21-25-14-6-9-17-29(25)40-22-23-11-3-2-4-12-23/h2-18,21,33H,19-20,22H2,1H3/b31-21-/t33-/m0/s1. The lowest BCUT2D eigenvalue weighted by molar-refractivity contribution is 0.305. The molecule has 6 heteroatoms. The van der Waals surface area contributed by atoms with Crippen molar-refractivity contribution in [2.24, 2.45) is 4.99 Å². The molecule has 0 saturated heterocycles. The van der Waals surface area contributed by atoms with Crippen LogP contribution in [0.4, 0.5) is 0 Å². The normalized spacial score (nSPS) is 15.9. The Morgan fingerprint density at radius 3 is 2.46 bits per heavy atom. The first-order valence-corrected chi connectivity index (χ1v) is 14.5. The van der Waals surface area contributed by atoms with Gasteiger partial charge in [-0.2, -0.15) is 0 Å². The molecule has 0 unspecified atom stereocenters. The van der Waals surface area contributed by atoms with Crippen LogP contribution in [0.3, 0.4) is 0 Å². The summed E-state index contributed by atoms with van der Waals surface area (Å²) in [6.07, 6.45) is 3.67. The molecule has 4 aromatic carbocycles.